The third kappa shape index (κ3) is 7.03. The molecule has 0 atom stereocenters. The highest BCUT2D eigenvalue weighted by atomic mass is 16.6. The molecule has 8 nitrogen and oxygen atoms in total. The lowest BCUT2D eigenvalue weighted by Gasteiger charge is -2.53. The van der Waals surface area contributed by atoms with Crippen LogP contribution in [-0.4, -0.2) is 79.2 Å². The van der Waals surface area contributed by atoms with E-state index in [1.165, 1.54) is 24.9 Å². The first-order chi connectivity index (χ1) is 17.3. The molecule has 4 heterocycles. The second kappa shape index (κ2) is 12.0. The molecule has 1 aromatic heterocycles. The van der Waals surface area contributed by atoms with Crippen LogP contribution in [0.1, 0.15) is 72.6 Å². The van der Waals surface area contributed by atoms with Crippen molar-refractivity contribution in [1.82, 2.24) is 15.2 Å². The summed E-state index contributed by atoms with van der Waals surface area (Å²) in [6.45, 7) is 14.3. The van der Waals surface area contributed by atoms with E-state index in [0.717, 1.165) is 83.4 Å². The lowest BCUT2D eigenvalue weighted by molar-refractivity contribution is -0.0615. The first kappa shape index (κ1) is 27.0. The molecule has 36 heavy (non-hydrogen) atoms. The van der Waals surface area contributed by atoms with Crippen LogP contribution in [-0.2, 0) is 9.47 Å². The number of pyridine rings is 1. The second-order valence-electron chi connectivity index (χ2n) is 11.8. The molecule has 4 aliphatic rings. The number of nitrogens with zero attached hydrogens (tertiary/aromatic N) is 3. The summed E-state index contributed by atoms with van der Waals surface area (Å²) in [6, 6.07) is 4.17. The zero-order valence-electron chi connectivity index (χ0n) is 22.8. The van der Waals surface area contributed by atoms with Gasteiger partial charge in [-0.15, -0.1) is 0 Å². The summed E-state index contributed by atoms with van der Waals surface area (Å²) in [5.41, 5.74) is 0.962. The van der Waals surface area contributed by atoms with E-state index in [9.17, 15) is 4.79 Å². The molecular formula is C28H46N4O4. The third-order valence-corrected chi connectivity index (χ3v) is 7.61. The number of anilines is 1. The van der Waals surface area contributed by atoms with Gasteiger partial charge >= 0.3 is 6.09 Å². The van der Waals surface area contributed by atoms with E-state index in [1.54, 1.807) is 0 Å². The summed E-state index contributed by atoms with van der Waals surface area (Å²) >= 11 is 0. The number of piperazine rings is 1. The van der Waals surface area contributed by atoms with Crippen LogP contribution in [0.15, 0.2) is 18.3 Å². The van der Waals surface area contributed by atoms with E-state index in [4.69, 9.17) is 14.2 Å². The van der Waals surface area contributed by atoms with Crippen molar-refractivity contribution < 1.29 is 19.0 Å². The fraction of sp³-hybridized carbons (Fsp3) is 0.786. The molecule has 1 N–H and O–H groups in total. The maximum Gasteiger partial charge on any atom is 0.410 e. The molecule has 1 saturated carbocycles. The van der Waals surface area contributed by atoms with E-state index in [0.29, 0.717) is 6.10 Å². The van der Waals surface area contributed by atoms with Crippen molar-refractivity contribution in [2.24, 2.45) is 5.92 Å². The van der Waals surface area contributed by atoms with Crippen LogP contribution in [0.3, 0.4) is 0 Å². The molecule has 8 heteroatoms. The highest BCUT2D eigenvalue weighted by molar-refractivity contribution is 5.68. The van der Waals surface area contributed by atoms with Gasteiger partial charge in [-0.2, -0.15) is 0 Å². The highest BCUT2D eigenvalue weighted by Crippen LogP contribution is 2.33. The molecule has 1 aliphatic carbocycles. The summed E-state index contributed by atoms with van der Waals surface area (Å²) in [5, 5.41) is 3.47. The zero-order valence-corrected chi connectivity index (χ0v) is 22.8. The van der Waals surface area contributed by atoms with E-state index >= 15 is 0 Å². The summed E-state index contributed by atoms with van der Waals surface area (Å²) in [5.74, 6) is 1.57. The number of hydrogen-bond donors (Lipinski definition) is 1. The number of rotatable bonds is 5. The number of amides is 1. The Morgan fingerprint density at radius 1 is 1.19 bits per heavy atom. The van der Waals surface area contributed by atoms with Gasteiger partial charge in [0.2, 0.25) is 5.88 Å². The monoisotopic (exact) mass is 502 g/mol. The number of carbonyl (C=O) groups is 1. The number of aromatic nitrogens is 1. The normalized spacial score (nSPS) is 22.2. The van der Waals surface area contributed by atoms with Crippen molar-refractivity contribution in [3.8, 4) is 5.88 Å². The Hall–Kier alpha value is -2.06. The quantitative estimate of drug-likeness (QED) is 0.629. The number of hydrogen-bond acceptors (Lipinski definition) is 7. The SMILES string of the molecule is CCCC1CCN(C(=O)OC(C)(C)C)CC1.c1cc(N2CCNCC23COC3)cc(OC2CCC2)n1. The number of likely N-dealkylation sites (tertiary alicyclic amines) is 1. The Balaban J connectivity index is 0.000000175. The van der Waals surface area contributed by atoms with Gasteiger partial charge < -0.3 is 29.3 Å². The van der Waals surface area contributed by atoms with Crippen LogP contribution in [0.5, 0.6) is 5.88 Å². The molecule has 5 rings (SSSR count). The van der Waals surface area contributed by atoms with E-state index in [1.807, 2.05) is 31.9 Å². The third-order valence-electron chi connectivity index (χ3n) is 7.61. The molecule has 0 unspecified atom stereocenters. The molecule has 3 aliphatic heterocycles. The van der Waals surface area contributed by atoms with Crippen LogP contribution in [0.25, 0.3) is 0 Å². The molecule has 0 bridgehead atoms. The molecular weight excluding hydrogens is 456 g/mol. The predicted octanol–water partition coefficient (Wildman–Crippen LogP) is 4.63. The highest BCUT2D eigenvalue weighted by Gasteiger charge is 2.45. The summed E-state index contributed by atoms with van der Waals surface area (Å²) < 4.78 is 16.7. The minimum Gasteiger partial charge on any atom is -0.474 e. The van der Waals surface area contributed by atoms with Crippen molar-refractivity contribution in [3.05, 3.63) is 18.3 Å². The minimum atomic E-state index is -0.378. The molecule has 1 aromatic rings. The average Bonchev–Trinajstić information content (AvgIpc) is 2.81. The van der Waals surface area contributed by atoms with Crippen molar-refractivity contribution in [2.45, 2.75) is 89.9 Å². The Morgan fingerprint density at radius 2 is 1.94 bits per heavy atom. The molecule has 1 spiro atoms. The first-order valence-corrected chi connectivity index (χ1v) is 13.9. The average molecular weight is 503 g/mol. The van der Waals surface area contributed by atoms with Gasteiger partial charge in [0.25, 0.3) is 0 Å². The van der Waals surface area contributed by atoms with Crippen LogP contribution in [0, 0.1) is 5.92 Å². The van der Waals surface area contributed by atoms with Gasteiger partial charge in [-0.05, 0) is 64.9 Å². The van der Waals surface area contributed by atoms with Gasteiger partial charge in [-0.3, -0.25) is 0 Å². The van der Waals surface area contributed by atoms with Crippen LogP contribution >= 0.6 is 0 Å². The Bertz CT molecular complexity index is 842. The lowest BCUT2D eigenvalue weighted by Crippen LogP contribution is -2.71. The Labute approximate surface area is 217 Å². The molecule has 4 fully saturated rings. The summed E-state index contributed by atoms with van der Waals surface area (Å²) in [7, 11) is 0. The predicted molar refractivity (Wildman–Crippen MR) is 142 cm³/mol. The summed E-state index contributed by atoms with van der Waals surface area (Å²) in [6.07, 6.45) is 10.5. The van der Waals surface area contributed by atoms with Crippen LogP contribution in [0.2, 0.25) is 0 Å². The van der Waals surface area contributed by atoms with Crippen molar-refractivity contribution in [3.63, 3.8) is 0 Å². The summed E-state index contributed by atoms with van der Waals surface area (Å²) in [4.78, 5) is 20.4. The number of piperidine rings is 1. The molecule has 3 saturated heterocycles. The van der Waals surface area contributed by atoms with E-state index < -0.39 is 0 Å². The lowest BCUT2D eigenvalue weighted by atomic mass is 9.92. The van der Waals surface area contributed by atoms with Crippen molar-refractivity contribution in [2.75, 3.05) is 50.8 Å². The van der Waals surface area contributed by atoms with E-state index in [2.05, 4.69) is 34.3 Å². The molecule has 0 aromatic carbocycles. The van der Waals surface area contributed by atoms with Gasteiger partial charge in [0.05, 0.1) is 18.8 Å². The maximum atomic E-state index is 11.8. The van der Waals surface area contributed by atoms with Crippen molar-refractivity contribution in [1.29, 1.82) is 0 Å². The number of carbonyl (C=O) groups excluding carboxylic acids is 1. The first-order valence-electron chi connectivity index (χ1n) is 13.9. The standard InChI is InChI=1S/C15H21N3O2.C13H25NO2/c1-2-13(3-1)20-14-8-12(4-5-17-14)18-7-6-16-9-15(18)10-19-11-15;1-5-6-11-7-9-14(10-8-11)12(15)16-13(2,3)4/h4-5,8,13,16H,1-3,6-7,9-11H2;11H,5-10H2,1-4H3. The van der Waals surface area contributed by atoms with Crippen LogP contribution < -0.4 is 15.0 Å². The molecule has 1 amide bonds. The zero-order chi connectivity index (χ0) is 25.6. The number of nitrogens with one attached hydrogen (secondary N) is 1. The second-order valence-corrected chi connectivity index (χ2v) is 11.8. The Morgan fingerprint density at radius 3 is 2.53 bits per heavy atom. The van der Waals surface area contributed by atoms with Gasteiger partial charge in [-0.25, -0.2) is 9.78 Å². The fourth-order valence-corrected chi connectivity index (χ4v) is 5.27. The van der Waals surface area contributed by atoms with Crippen LogP contribution in [0.4, 0.5) is 10.5 Å². The van der Waals surface area contributed by atoms with Gasteiger partial charge in [0.15, 0.2) is 0 Å². The van der Waals surface area contributed by atoms with E-state index in [-0.39, 0.29) is 17.2 Å². The molecule has 202 valence electrons. The largest absolute Gasteiger partial charge is 0.474 e. The van der Waals surface area contributed by atoms with Gasteiger partial charge in [0, 0.05) is 50.7 Å². The molecule has 0 radical (unpaired) electrons. The van der Waals surface area contributed by atoms with Crippen molar-refractivity contribution >= 4 is 11.8 Å². The smallest absolute Gasteiger partial charge is 0.410 e. The van der Waals surface area contributed by atoms with Gasteiger partial charge in [0.1, 0.15) is 11.7 Å². The topological polar surface area (TPSA) is 76.2 Å². The van der Waals surface area contributed by atoms with Gasteiger partial charge in [-0.1, -0.05) is 19.8 Å². The number of ether oxygens (including phenoxy) is 3. The Kier molecular flexibility index (Phi) is 8.99. The fourth-order valence-electron chi connectivity index (χ4n) is 5.27. The maximum absolute atomic E-state index is 11.8. The minimum absolute atomic E-state index is 0.132.